The summed E-state index contributed by atoms with van der Waals surface area (Å²) < 4.78 is 55.7. The number of oxime groups is 1. The fraction of sp³-hybridized carbons (Fsp3) is 0.385. The van der Waals surface area contributed by atoms with Crippen molar-refractivity contribution in [3.63, 3.8) is 0 Å². The van der Waals surface area contributed by atoms with Crippen molar-refractivity contribution in [3.05, 3.63) is 46.9 Å². The van der Waals surface area contributed by atoms with Gasteiger partial charge < -0.3 is 36.8 Å². The number of nitrogen functional groups attached to an aromatic ring is 1. The van der Waals surface area contributed by atoms with Crippen LogP contribution < -0.4 is 26.8 Å². The molecule has 47 heavy (non-hydrogen) atoms. The Morgan fingerprint density at radius 1 is 1.34 bits per heavy atom. The third-order valence-corrected chi connectivity index (χ3v) is 7.37. The third-order valence-electron chi connectivity index (χ3n) is 6.35. The number of carboxylic acids is 1. The van der Waals surface area contributed by atoms with Gasteiger partial charge in [-0.05, 0) is 44.5 Å². The highest BCUT2D eigenvalue weighted by Crippen LogP contribution is 2.33. The Labute approximate surface area is 272 Å². The van der Waals surface area contributed by atoms with Gasteiger partial charge in [0.25, 0.3) is 17.9 Å². The second-order valence-electron chi connectivity index (χ2n) is 10.2. The van der Waals surface area contributed by atoms with E-state index in [0.29, 0.717) is 29.3 Å². The van der Waals surface area contributed by atoms with Crippen LogP contribution in [0.15, 0.2) is 39.9 Å². The molecule has 8 N–H and O–H groups in total. The number of hydroxylamine groups is 2. The number of rotatable bonds is 17. The maximum atomic E-state index is 15.0. The van der Waals surface area contributed by atoms with Crippen LogP contribution in [-0.4, -0.2) is 102 Å². The largest absolute Gasteiger partial charge is 0.486 e. The fourth-order valence-electron chi connectivity index (χ4n) is 3.97. The number of aromatic nitrogens is 1. The molecule has 0 saturated carbocycles. The Morgan fingerprint density at radius 2 is 2.06 bits per heavy atom. The van der Waals surface area contributed by atoms with Gasteiger partial charge in [0, 0.05) is 37.0 Å². The summed E-state index contributed by atoms with van der Waals surface area (Å²) in [5.74, 6) is -4.81. The summed E-state index contributed by atoms with van der Waals surface area (Å²) in [4.78, 5) is 50.6. The number of nitrogens with one attached hydrogen (secondary N) is 2. The van der Waals surface area contributed by atoms with Gasteiger partial charge in [0.1, 0.15) is 18.3 Å². The topological polar surface area (TPSA) is 270 Å². The monoisotopic (exact) mass is 700 g/mol. The molecule has 0 spiro atoms. The number of aliphatic carboxylic acids is 1. The average Bonchev–Trinajstić information content (AvgIpc) is 3.43. The van der Waals surface area contributed by atoms with Crippen molar-refractivity contribution in [1.82, 2.24) is 20.7 Å². The van der Waals surface area contributed by atoms with Crippen molar-refractivity contribution >= 4 is 62.2 Å². The lowest BCUT2D eigenvalue weighted by Gasteiger charge is -2.50. The minimum Gasteiger partial charge on any atom is -0.486 e. The zero-order chi connectivity index (χ0) is 34.9. The molecule has 0 unspecified atom stereocenters. The molecule has 1 aliphatic heterocycles. The predicted octanol–water partition coefficient (Wildman–Crippen LogP) is -0.0628. The van der Waals surface area contributed by atoms with Gasteiger partial charge in [-0.25, -0.2) is 14.2 Å². The van der Waals surface area contributed by atoms with Crippen LogP contribution in [0, 0.1) is 5.82 Å². The number of thiazole rings is 1. The molecule has 0 radical (unpaired) electrons. The SMILES string of the molecule is C/N=C/C(=C\NCCCN)c1ccc(OC[C@H](O/N=C(\C(=O)N[C@@H]2C(=O)N(OS(=O)(=O)O)C2(C)C)c2csc(N)n2)C(=O)O)c(F)c1. The number of aliphatic imine (C=N–C) groups is 1. The third kappa shape index (κ3) is 9.65. The number of carbonyl (C=O) groups excluding carboxylic acids is 2. The highest BCUT2D eigenvalue weighted by Gasteiger charge is 2.58. The molecule has 2 heterocycles. The van der Waals surface area contributed by atoms with Crippen molar-refractivity contribution in [1.29, 1.82) is 0 Å². The Hall–Kier alpha value is -4.70. The number of benzene rings is 1. The van der Waals surface area contributed by atoms with Crippen LogP contribution in [0.4, 0.5) is 9.52 Å². The van der Waals surface area contributed by atoms with Gasteiger partial charge in [0.2, 0.25) is 0 Å². The molecule has 21 heteroatoms. The van der Waals surface area contributed by atoms with Crippen molar-refractivity contribution < 1.29 is 50.7 Å². The minimum atomic E-state index is -5.04. The fourth-order valence-corrected chi connectivity index (χ4v) is 4.97. The zero-order valence-corrected chi connectivity index (χ0v) is 26.9. The molecule has 1 aromatic heterocycles. The molecule has 2 aromatic rings. The number of allylic oxidation sites excluding steroid dienone is 1. The molecule has 2 atom stereocenters. The Balaban J connectivity index is 1.76. The molecular formula is C26H33FN8O10S2. The number of ether oxygens (including phenoxy) is 1. The Kier molecular flexibility index (Phi) is 12.3. The van der Waals surface area contributed by atoms with Crippen LogP contribution in [0.1, 0.15) is 31.5 Å². The summed E-state index contributed by atoms with van der Waals surface area (Å²) in [6.07, 6.45) is 2.04. The number of carboxylic acid groups (broad SMARTS) is 1. The summed E-state index contributed by atoms with van der Waals surface area (Å²) >= 11 is 0.915. The number of β-lactam (4-membered cyclic amide) rings is 1. The summed E-state index contributed by atoms with van der Waals surface area (Å²) in [6.45, 7) is 3.00. The lowest BCUT2D eigenvalue weighted by molar-refractivity contribution is -0.218. The average molecular weight is 701 g/mol. The standard InChI is InChI=1S/C26H33FN8O10S2/c1-26(2)21(23(37)35(26)45-47(40,41)42)33-22(36)20(17-13-46-25(29)32-17)34-44-19(24(38)39)12-43-18-6-5-14(9-16(18)27)15(10-30-3)11-31-8-4-7-28/h5-6,9-11,13,19,21,31H,4,7-8,12,28H2,1-3H3,(H2,29,32)(H,33,36)(H,38,39)(H,40,41,42)/b15-11+,30-10+,34-20-/t19-,21+/m0/s1. The van der Waals surface area contributed by atoms with Crippen LogP contribution in [-0.2, 0) is 33.9 Å². The van der Waals surface area contributed by atoms with Crippen molar-refractivity contribution in [3.8, 4) is 5.75 Å². The molecule has 2 amide bonds. The number of hydrogen-bond acceptors (Lipinski definition) is 15. The second kappa shape index (κ2) is 15.7. The first-order chi connectivity index (χ1) is 22.1. The lowest BCUT2D eigenvalue weighted by atomic mass is 9.84. The van der Waals surface area contributed by atoms with Gasteiger partial charge in [-0.1, -0.05) is 11.2 Å². The Bertz CT molecular complexity index is 1680. The second-order valence-corrected chi connectivity index (χ2v) is 12.1. The van der Waals surface area contributed by atoms with Crippen LogP contribution in [0.5, 0.6) is 5.75 Å². The van der Waals surface area contributed by atoms with E-state index in [9.17, 15) is 32.3 Å². The van der Waals surface area contributed by atoms with E-state index in [1.54, 1.807) is 13.2 Å². The van der Waals surface area contributed by atoms with Gasteiger partial charge in [-0.2, -0.15) is 13.5 Å². The van der Waals surface area contributed by atoms with E-state index >= 15 is 0 Å². The van der Waals surface area contributed by atoms with E-state index in [0.717, 1.165) is 17.8 Å². The molecule has 18 nitrogen and oxygen atoms in total. The predicted molar refractivity (Wildman–Crippen MR) is 167 cm³/mol. The first kappa shape index (κ1) is 36.8. The quantitative estimate of drug-likeness (QED) is 0.0415. The normalized spacial score (nSPS) is 17.3. The number of amides is 2. The number of carbonyl (C=O) groups is 3. The Morgan fingerprint density at radius 3 is 2.62 bits per heavy atom. The summed E-state index contributed by atoms with van der Waals surface area (Å²) in [5, 5.41) is 20.4. The molecular weight excluding hydrogens is 667 g/mol. The summed E-state index contributed by atoms with van der Waals surface area (Å²) in [5.41, 5.74) is 9.95. The smallest absolute Gasteiger partial charge is 0.418 e. The van der Waals surface area contributed by atoms with Crippen molar-refractivity contribution in [2.24, 2.45) is 15.9 Å². The van der Waals surface area contributed by atoms with Crippen LogP contribution in [0.3, 0.4) is 0 Å². The maximum Gasteiger partial charge on any atom is 0.418 e. The number of nitrogens with zero attached hydrogens (tertiary/aromatic N) is 4. The molecule has 1 fully saturated rings. The molecule has 1 saturated heterocycles. The summed E-state index contributed by atoms with van der Waals surface area (Å²) in [7, 11) is -3.49. The molecule has 1 aliphatic rings. The number of nitrogens with two attached hydrogens (primary N) is 2. The van der Waals surface area contributed by atoms with Gasteiger partial charge in [0.05, 0.1) is 5.54 Å². The van der Waals surface area contributed by atoms with Gasteiger partial charge in [0.15, 0.2) is 22.4 Å². The molecule has 0 bridgehead atoms. The van der Waals surface area contributed by atoms with Crippen LogP contribution >= 0.6 is 11.3 Å². The number of anilines is 1. The van der Waals surface area contributed by atoms with E-state index in [4.69, 9.17) is 25.6 Å². The van der Waals surface area contributed by atoms with E-state index < -0.39 is 64.0 Å². The first-order valence-corrected chi connectivity index (χ1v) is 15.8. The van der Waals surface area contributed by atoms with E-state index in [1.807, 2.05) is 0 Å². The highest BCUT2D eigenvalue weighted by atomic mass is 32.3. The molecule has 1 aromatic carbocycles. The lowest BCUT2D eigenvalue weighted by Crippen LogP contribution is -2.76. The molecule has 3 rings (SSSR count). The van der Waals surface area contributed by atoms with E-state index in [2.05, 4.69) is 30.0 Å². The van der Waals surface area contributed by atoms with Crippen molar-refractivity contribution in [2.45, 2.75) is 38.0 Å². The summed E-state index contributed by atoms with van der Waals surface area (Å²) in [6, 6.07) is 2.62. The number of hydrogen-bond donors (Lipinski definition) is 6. The number of halogens is 1. The van der Waals surface area contributed by atoms with Gasteiger partial charge in [-0.3, -0.25) is 19.1 Å². The van der Waals surface area contributed by atoms with Gasteiger partial charge in [-0.15, -0.1) is 15.6 Å². The molecule has 256 valence electrons. The van der Waals surface area contributed by atoms with Crippen molar-refractivity contribution in [2.75, 3.05) is 32.5 Å². The van der Waals surface area contributed by atoms with E-state index in [-0.39, 0.29) is 16.6 Å². The maximum absolute atomic E-state index is 15.0. The highest BCUT2D eigenvalue weighted by molar-refractivity contribution is 7.80. The minimum absolute atomic E-state index is 0.0138. The first-order valence-electron chi connectivity index (χ1n) is 13.6. The van der Waals surface area contributed by atoms with Crippen LogP contribution in [0.2, 0.25) is 0 Å². The van der Waals surface area contributed by atoms with Gasteiger partial charge >= 0.3 is 16.4 Å². The van der Waals surface area contributed by atoms with E-state index in [1.165, 1.54) is 43.6 Å². The van der Waals surface area contributed by atoms with Crippen LogP contribution in [0.25, 0.3) is 5.57 Å². The molecule has 0 aliphatic carbocycles. The zero-order valence-electron chi connectivity index (χ0n) is 25.2.